The van der Waals surface area contributed by atoms with Crippen molar-refractivity contribution in [2.75, 3.05) is 13.2 Å². The van der Waals surface area contributed by atoms with Gasteiger partial charge in [-0.1, -0.05) is 144 Å². The minimum atomic E-state index is -0.776. The molecule has 6 nitrogen and oxygen atoms in total. The van der Waals surface area contributed by atoms with Crippen molar-refractivity contribution < 1.29 is 19.1 Å². The van der Waals surface area contributed by atoms with E-state index in [1.807, 2.05) is 4.90 Å². The van der Waals surface area contributed by atoms with Gasteiger partial charge in [0.1, 0.15) is 5.72 Å². The molecule has 0 aromatic rings. The first kappa shape index (κ1) is 47.2. The Balaban J connectivity index is 0.000000609. The predicted octanol–water partition coefficient (Wildman–Crippen LogP) is 13.2. The van der Waals surface area contributed by atoms with Crippen LogP contribution < -0.4 is 5.32 Å². The van der Waals surface area contributed by atoms with Gasteiger partial charge in [0.15, 0.2) is 5.60 Å². The molecule has 0 bridgehead atoms. The third-order valence-electron chi connectivity index (χ3n) is 12.8. The highest BCUT2D eigenvalue weighted by Gasteiger charge is 2.64. The minimum absolute atomic E-state index is 0.0357. The minimum Gasteiger partial charge on any atom is -0.466 e. The number of unbranched alkanes of at least 4 members (excludes halogenated alkanes) is 9. The van der Waals surface area contributed by atoms with Crippen molar-refractivity contribution in [1.82, 2.24) is 10.2 Å². The molecule has 2 spiro atoms. The van der Waals surface area contributed by atoms with Crippen LogP contribution in [0.3, 0.4) is 0 Å². The molecule has 0 unspecified atom stereocenters. The van der Waals surface area contributed by atoms with Crippen LogP contribution in [0.5, 0.6) is 0 Å². The van der Waals surface area contributed by atoms with Crippen LogP contribution in [0, 0.1) is 16.7 Å². The van der Waals surface area contributed by atoms with Gasteiger partial charge < -0.3 is 19.7 Å². The van der Waals surface area contributed by atoms with Crippen molar-refractivity contribution in [2.45, 2.75) is 265 Å². The summed E-state index contributed by atoms with van der Waals surface area (Å²) < 4.78 is 12.9. The number of nitrogens with zero attached hydrogens (tertiary/aromatic N) is 1. The van der Waals surface area contributed by atoms with Crippen molar-refractivity contribution >= 4 is 11.9 Å². The fourth-order valence-electron chi connectivity index (χ4n) is 11.9. The van der Waals surface area contributed by atoms with Crippen LogP contribution >= 0.6 is 0 Å². The highest BCUT2D eigenvalue weighted by Crippen LogP contribution is 2.57. The van der Waals surface area contributed by atoms with Crippen LogP contribution in [-0.2, 0) is 19.1 Å². The molecule has 316 valence electrons. The zero-order chi connectivity index (χ0) is 39.9. The van der Waals surface area contributed by atoms with Gasteiger partial charge in [-0.05, 0) is 109 Å². The van der Waals surface area contributed by atoms with Gasteiger partial charge in [-0.25, -0.2) is 0 Å². The molecule has 0 radical (unpaired) electrons. The van der Waals surface area contributed by atoms with E-state index in [0.717, 1.165) is 63.7 Å². The Kier molecular flexibility index (Phi) is 18.9. The Hall–Kier alpha value is -1.14. The molecule has 2 saturated heterocycles. The maximum Gasteiger partial charge on any atom is 0.307 e. The van der Waals surface area contributed by atoms with Gasteiger partial charge in [0.2, 0.25) is 0 Å². The second-order valence-electron chi connectivity index (χ2n) is 21.6. The van der Waals surface area contributed by atoms with Gasteiger partial charge >= 0.3 is 5.97 Å². The molecule has 0 aromatic carbocycles. The lowest BCUT2D eigenvalue weighted by molar-refractivity contribution is -0.186. The lowest BCUT2D eigenvalue weighted by Crippen LogP contribution is -2.57. The number of carbonyl (C=O) groups is 2. The molecular formula is C48H90N2O4. The molecular weight excluding hydrogens is 669 g/mol. The van der Waals surface area contributed by atoms with Crippen molar-refractivity contribution in [2.24, 2.45) is 16.7 Å². The lowest BCUT2D eigenvalue weighted by Gasteiger charge is -2.49. The summed E-state index contributed by atoms with van der Waals surface area (Å²) in [7, 11) is 0. The van der Waals surface area contributed by atoms with E-state index in [1.54, 1.807) is 0 Å². The van der Waals surface area contributed by atoms with Crippen LogP contribution in [0.25, 0.3) is 0 Å². The Labute approximate surface area is 335 Å². The summed E-state index contributed by atoms with van der Waals surface area (Å²) in [5, 5.41) is 3.66. The quantitative estimate of drug-likeness (QED) is 0.141. The molecule has 2 aliphatic heterocycles. The van der Waals surface area contributed by atoms with Gasteiger partial charge in [0.05, 0.1) is 13.0 Å². The standard InChI is InChI=1S/C38H69NO4.C10H21N/c1-6-7-8-9-10-11-15-18-21-24-29-42-33(40)25-28-39-34(41)37(31-35(2,3)30-36(4,5)32-37)43-38(39)26-22-19-16-13-12-14-17-20-23-27-38;1-8-6-9(2,3)11-10(4,5)7-8/h6-32H2,1-5H3;8,11H,6-7H2,1-5H3. The van der Waals surface area contributed by atoms with Gasteiger partial charge in [-0.15, -0.1) is 0 Å². The number of nitrogens with one attached hydrogen (secondary N) is 1. The number of hydrogen-bond donors (Lipinski definition) is 1. The molecule has 0 aromatic heterocycles. The predicted molar refractivity (Wildman–Crippen MR) is 228 cm³/mol. The van der Waals surface area contributed by atoms with Crippen LogP contribution in [0.15, 0.2) is 0 Å². The smallest absolute Gasteiger partial charge is 0.307 e. The van der Waals surface area contributed by atoms with Crippen molar-refractivity contribution in [3.8, 4) is 0 Å². The second-order valence-corrected chi connectivity index (χ2v) is 21.6. The molecule has 1 N–H and O–H groups in total. The van der Waals surface area contributed by atoms with E-state index in [1.165, 1.54) is 109 Å². The first-order chi connectivity index (χ1) is 25.3. The maximum absolute atomic E-state index is 14.5. The Bertz CT molecular complexity index is 1070. The highest BCUT2D eigenvalue weighted by atomic mass is 16.6. The number of hydrogen-bond acceptors (Lipinski definition) is 5. The van der Waals surface area contributed by atoms with E-state index in [-0.39, 0.29) is 29.1 Å². The molecule has 4 aliphatic rings. The number of piperidine rings is 1. The SMILES string of the molecule is CC1CC(C)(C)NC(C)(C)C1.CCCCCCCCCCCCOC(=O)CCN1C(=O)C2(CC(C)(C)CC(C)(C)C2)OC12CCCCCCCCCCC2. The normalized spacial score (nSPS) is 25.0. The largest absolute Gasteiger partial charge is 0.466 e. The maximum atomic E-state index is 14.5. The summed E-state index contributed by atoms with van der Waals surface area (Å²) in [6.45, 7) is 23.9. The third-order valence-corrected chi connectivity index (χ3v) is 12.8. The third kappa shape index (κ3) is 16.0. The van der Waals surface area contributed by atoms with Crippen LogP contribution in [0.2, 0.25) is 0 Å². The number of rotatable bonds is 14. The summed E-state index contributed by atoms with van der Waals surface area (Å²) in [6, 6.07) is 0. The molecule has 2 aliphatic carbocycles. The van der Waals surface area contributed by atoms with Gasteiger partial charge in [-0.3, -0.25) is 9.59 Å². The molecule has 54 heavy (non-hydrogen) atoms. The Morgan fingerprint density at radius 2 is 1.13 bits per heavy atom. The molecule has 4 rings (SSSR count). The molecule has 6 heteroatoms. The number of carbonyl (C=O) groups excluding carboxylic acids is 2. The van der Waals surface area contributed by atoms with Gasteiger partial charge in [-0.2, -0.15) is 0 Å². The molecule has 0 atom stereocenters. The van der Waals surface area contributed by atoms with E-state index < -0.39 is 11.3 Å². The fourth-order valence-corrected chi connectivity index (χ4v) is 11.9. The summed E-state index contributed by atoms with van der Waals surface area (Å²) >= 11 is 0. The molecule has 4 fully saturated rings. The van der Waals surface area contributed by atoms with Crippen LogP contribution in [0.4, 0.5) is 0 Å². The summed E-state index contributed by atoms with van der Waals surface area (Å²) in [5.41, 5.74) is -0.622. The zero-order valence-electron chi connectivity index (χ0n) is 37.7. The summed E-state index contributed by atoms with van der Waals surface area (Å²) in [5.74, 6) is 0.835. The van der Waals surface area contributed by atoms with Gasteiger partial charge in [0.25, 0.3) is 5.91 Å². The van der Waals surface area contributed by atoms with E-state index >= 15 is 0 Å². The topological polar surface area (TPSA) is 67.9 Å². The van der Waals surface area contributed by atoms with Crippen molar-refractivity contribution in [3.05, 3.63) is 0 Å². The summed E-state index contributed by atoms with van der Waals surface area (Å²) in [4.78, 5) is 29.5. The Morgan fingerprint density at radius 3 is 1.59 bits per heavy atom. The number of ether oxygens (including phenoxy) is 2. The first-order valence-electron chi connectivity index (χ1n) is 23.3. The van der Waals surface area contributed by atoms with Crippen molar-refractivity contribution in [3.63, 3.8) is 0 Å². The zero-order valence-corrected chi connectivity index (χ0v) is 37.7. The number of esters is 1. The molecule has 2 heterocycles. The van der Waals surface area contributed by atoms with E-state index in [2.05, 4.69) is 74.6 Å². The summed E-state index contributed by atoms with van der Waals surface area (Å²) in [6.07, 6.45) is 31.0. The lowest BCUT2D eigenvalue weighted by atomic mass is 9.59. The van der Waals surface area contributed by atoms with Gasteiger partial charge in [0, 0.05) is 17.6 Å². The van der Waals surface area contributed by atoms with E-state index in [0.29, 0.717) is 24.2 Å². The van der Waals surface area contributed by atoms with Crippen molar-refractivity contribution in [1.29, 1.82) is 0 Å². The number of amides is 1. The van der Waals surface area contributed by atoms with E-state index in [4.69, 9.17) is 9.47 Å². The molecule has 1 amide bonds. The average Bonchev–Trinajstić information content (AvgIpc) is 3.22. The monoisotopic (exact) mass is 759 g/mol. The average molecular weight is 759 g/mol. The van der Waals surface area contributed by atoms with E-state index in [9.17, 15) is 9.59 Å². The molecule has 2 saturated carbocycles. The fraction of sp³-hybridized carbons (Fsp3) is 0.958. The second kappa shape index (κ2) is 21.6. The first-order valence-corrected chi connectivity index (χ1v) is 23.3. The Morgan fingerprint density at radius 1 is 0.685 bits per heavy atom. The van der Waals surface area contributed by atoms with Crippen LogP contribution in [0.1, 0.15) is 243 Å². The highest BCUT2D eigenvalue weighted by molar-refractivity contribution is 5.88. The van der Waals surface area contributed by atoms with Crippen LogP contribution in [-0.4, -0.2) is 52.3 Å².